The molecule has 0 aliphatic carbocycles. The number of benzene rings is 1. The third kappa shape index (κ3) is 1.37. The summed E-state index contributed by atoms with van der Waals surface area (Å²) in [5, 5.41) is 3.03. The van der Waals surface area contributed by atoms with E-state index >= 15 is 0 Å². The van der Waals surface area contributed by atoms with Crippen LogP contribution >= 0.6 is 0 Å². The molecule has 3 nitrogen and oxygen atoms in total. The minimum atomic E-state index is -0.685. The van der Waals surface area contributed by atoms with Crippen LogP contribution in [0.3, 0.4) is 0 Å². The molecule has 4 heteroatoms. The minimum absolute atomic E-state index is 0.139. The maximum absolute atomic E-state index is 13.5. The van der Waals surface area contributed by atoms with Crippen molar-refractivity contribution < 1.29 is 9.18 Å². The highest BCUT2D eigenvalue weighted by molar-refractivity contribution is 6.07. The summed E-state index contributed by atoms with van der Waals surface area (Å²) >= 11 is 0. The van der Waals surface area contributed by atoms with Crippen LogP contribution in [0.15, 0.2) is 18.2 Å². The first-order valence-corrected chi connectivity index (χ1v) is 4.78. The van der Waals surface area contributed by atoms with Crippen LogP contribution in [0.5, 0.6) is 0 Å². The summed E-state index contributed by atoms with van der Waals surface area (Å²) < 4.78 is 13.5. The third-order valence-electron chi connectivity index (χ3n) is 2.61. The van der Waals surface area contributed by atoms with Crippen molar-refractivity contribution in [3.8, 4) is 0 Å². The predicted octanol–water partition coefficient (Wildman–Crippen LogP) is 1.99. The van der Waals surface area contributed by atoms with E-state index in [1.165, 1.54) is 11.0 Å². The number of likely N-dealkylation sites (N-methyl/N-ethyl adjacent to an activating group) is 1. The van der Waals surface area contributed by atoms with Crippen molar-refractivity contribution in [2.45, 2.75) is 19.4 Å². The summed E-state index contributed by atoms with van der Waals surface area (Å²) in [6, 6.07) is 4.74. The first-order chi connectivity index (χ1) is 6.93. The molecule has 0 saturated heterocycles. The zero-order valence-electron chi connectivity index (χ0n) is 8.97. The Morgan fingerprint density at radius 2 is 2.07 bits per heavy atom. The van der Waals surface area contributed by atoms with Gasteiger partial charge < -0.3 is 10.2 Å². The van der Waals surface area contributed by atoms with Gasteiger partial charge in [0.25, 0.3) is 5.91 Å². The fraction of sp³-hybridized carbons (Fsp3) is 0.364. The molecule has 1 heterocycles. The zero-order chi connectivity index (χ0) is 11.2. The van der Waals surface area contributed by atoms with E-state index in [2.05, 4.69) is 5.32 Å². The van der Waals surface area contributed by atoms with Gasteiger partial charge in [0.1, 0.15) is 17.0 Å². The molecule has 0 radical (unpaired) electrons. The zero-order valence-corrected chi connectivity index (χ0v) is 8.97. The first kappa shape index (κ1) is 9.96. The van der Waals surface area contributed by atoms with Gasteiger partial charge in [-0.25, -0.2) is 4.39 Å². The predicted molar refractivity (Wildman–Crippen MR) is 57.5 cm³/mol. The Morgan fingerprint density at radius 3 is 2.73 bits per heavy atom. The highest BCUT2D eigenvalue weighted by Crippen LogP contribution is 2.35. The van der Waals surface area contributed by atoms with E-state index in [1.54, 1.807) is 33.0 Å². The summed E-state index contributed by atoms with van der Waals surface area (Å²) in [5.74, 6) is -0.522. The molecule has 0 bridgehead atoms. The van der Waals surface area contributed by atoms with Gasteiger partial charge in [-0.05, 0) is 26.0 Å². The van der Waals surface area contributed by atoms with Gasteiger partial charge in [-0.3, -0.25) is 4.79 Å². The molecule has 0 aromatic heterocycles. The molecule has 1 aromatic carbocycles. The van der Waals surface area contributed by atoms with E-state index in [0.29, 0.717) is 11.4 Å². The van der Waals surface area contributed by atoms with Crippen LogP contribution in [-0.2, 0) is 4.79 Å². The lowest BCUT2D eigenvalue weighted by Gasteiger charge is -2.38. The van der Waals surface area contributed by atoms with Crippen molar-refractivity contribution in [1.29, 1.82) is 0 Å². The van der Waals surface area contributed by atoms with Crippen LogP contribution in [0.25, 0.3) is 0 Å². The second kappa shape index (κ2) is 2.95. The maximum Gasteiger partial charge on any atom is 0.251 e. The van der Waals surface area contributed by atoms with E-state index in [1.807, 2.05) is 0 Å². The fourth-order valence-electron chi connectivity index (χ4n) is 1.87. The van der Waals surface area contributed by atoms with Crippen molar-refractivity contribution in [3.63, 3.8) is 0 Å². The van der Waals surface area contributed by atoms with Gasteiger partial charge in [0.2, 0.25) is 0 Å². The summed E-state index contributed by atoms with van der Waals surface area (Å²) in [7, 11) is 1.59. The van der Waals surface area contributed by atoms with Gasteiger partial charge >= 0.3 is 0 Å². The van der Waals surface area contributed by atoms with Gasteiger partial charge in [0, 0.05) is 7.05 Å². The Balaban J connectivity index is 2.60. The average molecular weight is 208 g/mol. The number of hydrogen-bond donors (Lipinski definition) is 1. The molecule has 1 N–H and O–H groups in total. The number of para-hydroxylation sites is 1. The van der Waals surface area contributed by atoms with Crippen LogP contribution in [0.1, 0.15) is 13.8 Å². The molecule has 0 unspecified atom stereocenters. The van der Waals surface area contributed by atoms with Crippen molar-refractivity contribution in [3.05, 3.63) is 24.0 Å². The molecule has 0 fully saturated rings. The number of amides is 1. The summed E-state index contributed by atoms with van der Waals surface area (Å²) in [6.45, 7) is 3.55. The Labute approximate surface area is 87.9 Å². The molecule has 0 atom stereocenters. The summed E-state index contributed by atoms with van der Waals surface area (Å²) in [6.07, 6.45) is 0. The highest BCUT2D eigenvalue weighted by Gasteiger charge is 2.37. The van der Waals surface area contributed by atoms with Crippen molar-refractivity contribution in [2.75, 3.05) is 17.3 Å². The monoisotopic (exact) mass is 208 g/mol. The highest BCUT2D eigenvalue weighted by atomic mass is 19.1. The number of carbonyl (C=O) groups excluding carboxylic acids is 1. The lowest BCUT2D eigenvalue weighted by molar-refractivity contribution is -0.121. The van der Waals surface area contributed by atoms with Crippen molar-refractivity contribution in [1.82, 2.24) is 0 Å². The van der Waals surface area contributed by atoms with Crippen LogP contribution in [0, 0.1) is 5.82 Å². The normalized spacial score (nSPS) is 18.4. The molecule has 1 aromatic rings. The Kier molecular flexibility index (Phi) is 1.96. The van der Waals surface area contributed by atoms with E-state index in [4.69, 9.17) is 0 Å². The van der Waals surface area contributed by atoms with E-state index in [9.17, 15) is 9.18 Å². The second-order valence-corrected chi connectivity index (χ2v) is 4.25. The largest absolute Gasteiger partial charge is 0.370 e. The Hall–Kier alpha value is -1.58. The van der Waals surface area contributed by atoms with E-state index in [-0.39, 0.29) is 11.7 Å². The average Bonchev–Trinajstić information content (AvgIpc) is 2.13. The number of hydrogen-bond acceptors (Lipinski definition) is 2. The molecule has 80 valence electrons. The molecule has 2 rings (SSSR count). The maximum atomic E-state index is 13.5. The number of halogens is 1. The van der Waals surface area contributed by atoms with Gasteiger partial charge in [0.05, 0.1) is 5.69 Å². The molecule has 1 aliphatic rings. The smallest absolute Gasteiger partial charge is 0.251 e. The Bertz CT molecular complexity index is 429. The number of fused-ring (bicyclic) bond motifs is 1. The van der Waals surface area contributed by atoms with Crippen LogP contribution in [0.2, 0.25) is 0 Å². The van der Waals surface area contributed by atoms with Crippen LogP contribution in [-0.4, -0.2) is 18.5 Å². The quantitative estimate of drug-likeness (QED) is 0.707. The van der Waals surface area contributed by atoms with Gasteiger partial charge in [0.15, 0.2) is 0 Å². The molecule has 0 spiro atoms. The third-order valence-corrected chi connectivity index (χ3v) is 2.61. The number of carbonyl (C=O) groups is 1. The topological polar surface area (TPSA) is 32.3 Å². The standard InChI is InChI=1S/C11H13FN2O/c1-11(2)10(15)14(3)9-7(12)5-4-6-8(9)13-11/h4-6,13H,1-3H3. The number of nitrogens with one attached hydrogen (secondary N) is 1. The minimum Gasteiger partial charge on any atom is -0.370 e. The molecular weight excluding hydrogens is 195 g/mol. The number of anilines is 2. The van der Waals surface area contributed by atoms with E-state index in [0.717, 1.165) is 0 Å². The van der Waals surface area contributed by atoms with Crippen molar-refractivity contribution in [2.24, 2.45) is 0 Å². The lowest BCUT2D eigenvalue weighted by atomic mass is 9.98. The Morgan fingerprint density at radius 1 is 1.40 bits per heavy atom. The first-order valence-electron chi connectivity index (χ1n) is 4.78. The molecule has 15 heavy (non-hydrogen) atoms. The van der Waals surface area contributed by atoms with Crippen LogP contribution in [0.4, 0.5) is 15.8 Å². The van der Waals surface area contributed by atoms with Crippen LogP contribution < -0.4 is 10.2 Å². The SMILES string of the molecule is CN1C(=O)C(C)(C)Nc2cccc(F)c21. The number of rotatable bonds is 0. The summed E-state index contributed by atoms with van der Waals surface area (Å²) in [4.78, 5) is 13.2. The number of nitrogens with zero attached hydrogens (tertiary/aromatic N) is 1. The molecular formula is C11H13FN2O. The lowest BCUT2D eigenvalue weighted by Crippen LogP contribution is -2.52. The van der Waals surface area contributed by atoms with E-state index < -0.39 is 5.54 Å². The second-order valence-electron chi connectivity index (χ2n) is 4.25. The molecule has 1 amide bonds. The summed E-state index contributed by atoms with van der Waals surface area (Å²) in [5.41, 5.74) is 0.291. The molecule has 1 aliphatic heterocycles. The van der Waals surface area contributed by atoms with Gasteiger partial charge in [-0.1, -0.05) is 6.07 Å². The molecule has 0 saturated carbocycles. The van der Waals surface area contributed by atoms with Gasteiger partial charge in [-0.2, -0.15) is 0 Å². The van der Waals surface area contributed by atoms with Gasteiger partial charge in [-0.15, -0.1) is 0 Å². The van der Waals surface area contributed by atoms with Crippen molar-refractivity contribution >= 4 is 17.3 Å². The fourth-order valence-corrected chi connectivity index (χ4v) is 1.87.